The maximum absolute atomic E-state index is 11.7. The molecular weight excluding hydrogens is 232 g/mol. The lowest BCUT2D eigenvalue weighted by atomic mass is 10.1. The highest BCUT2D eigenvalue weighted by Crippen LogP contribution is 2.17. The molecule has 3 nitrogen and oxygen atoms in total. The highest BCUT2D eigenvalue weighted by atomic mass is 32.2. The van der Waals surface area contributed by atoms with Crippen molar-refractivity contribution < 1.29 is 8.78 Å². The maximum atomic E-state index is 11.7. The minimum absolute atomic E-state index is 0.290. The summed E-state index contributed by atoms with van der Waals surface area (Å²) in [4.78, 5) is 4.27. The molecule has 0 aliphatic rings. The van der Waals surface area contributed by atoms with E-state index in [0.29, 0.717) is 17.3 Å². The van der Waals surface area contributed by atoms with E-state index < -0.39 is 6.08 Å². The number of hydrogen-bond acceptors (Lipinski definition) is 4. The van der Waals surface area contributed by atoms with Gasteiger partial charge in [-0.2, -0.15) is 13.9 Å². The first-order valence-electron chi connectivity index (χ1n) is 4.93. The van der Waals surface area contributed by atoms with Gasteiger partial charge < -0.3 is 0 Å². The van der Waals surface area contributed by atoms with Crippen molar-refractivity contribution in [2.24, 2.45) is 0 Å². The van der Waals surface area contributed by atoms with Crippen LogP contribution in [0.15, 0.2) is 23.5 Å². The Balaban J connectivity index is 2.48. The van der Waals surface area contributed by atoms with E-state index in [1.807, 2.05) is 13.8 Å². The van der Waals surface area contributed by atoms with E-state index in [0.717, 1.165) is 11.8 Å². The van der Waals surface area contributed by atoms with Crippen molar-refractivity contribution in [2.45, 2.75) is 31.3 Å². The third-order valence-corrected chi connectivity index (χ3v) is 2.67. The van der Waals surface area contributed by atoms with Gasteiger partial charge in [-0.15, -0.1) is 5.10 Å². The molecule has 1 aromatic rings. The highest BCUT2D eigenvalue weighted by molar-refractivity contribution is 7.99. The zero-order chi connectivity index (χ0) is 12.0. The van der Waals surface area contributed by atoms with Gasteiger partial charge in [0.2, 0.25) is 5.16 Å². The van der Waals surface area contributed by atoms with Crippen LogP contribution < -0.4 is 0 Å². The SMILES string of the molecule is CC(C)c1cnnc(SCCC=C(F)F)n1. The Bertz CT molecular complexity index is 365. The molecule has 1 aromatic heterocycles. The highest BCUT2D eigenvalue weighted by Gasteiger charge is 2.04. The lowest BCUT2D eigenvalue weighted by Crippen LogP contribution is -1.98. The first-order valence-corrected chi connectivity index (χ1v) is 5.91. The van der Waals surface area contributed by atoms with E-state index in [9.17, 15) is 8.78 Å². The van der Waals surface area contributed by atoms with E-state index in [1.165, 1.54) is 11.8 Å². The van der Waals surface area contributed by atoms with Crippen molar-refractivity contribution in [1.82, 2.24) is 15.2 Å². The van der Waals surface area contributed by atoms with Crippen LogP contribution in [0.2, 0.25) is 0 Å². The molecule has 0 saturated carbocycles. The molecule has 0 radical (unpaired) electrons. The Morgan fingerprint density at radius 2 is 2.25 bits per heavy atom. The van der Waals surface area contributed by atoms with Crippen molar-refractivity contribution in [3.05, 3.63) is 24.0 Å². The summed E-state index contributed by atoms with van der Waals surface area (Å²) in [5, 5.41) is 8.20. The molecule has 88 valence electrons. The van der Waals surface area contributed by atoms with Gasteiger partial charge in [0.25, 0.3) is 6.08 Å². The van der Waals surface area contributed by atoms with E-state index >= 15 is 0 Å². The molecule has 0 atom stereocenters. The predicted molar refractivity (Wildman–Crippen MR) is 59.6 cm³/mol. The Morgan fingerprint density at radius 1 is 1.50 bits per heavy atom. The van der Waals surface area contributed by atoms with Gasteiger partial charge in [0, 0.05) is 5.75 Å². The molecule has 1 heterocycles. The molecular formula is C10H13F2N3S. The fourth-order valence-corrected chi connectivity index (χ4v) is 1.65. The van der Waals surface area contributed by atoms with Crippen LogP contribution >= 0.6 is 11.8 Å². The van der Waals surface area contributed by atoms with Gasteiger partial charge in [0.05, 0.1) is 11.9 Å². The van der Waals surface area contributed by atoms with Crippen LogP contribution in [0.1, 0.15) is 31.9 Å². The van der Waals surface area contributed by atoms with Gasteiger partial charge in [-0.05, 0) is 18.4 Å². The molecule has 1 rings (SSSR count). The van der Waals surface area contributed by atoms with Crippen LogP contribution in [0.5, 0.6) is 0 Å². The van der Waals surface area contributed by atoms with E-state index in [4.69, 9.17) is 0 Å². The van der Waals surface area contributed by atoms with Crippen LogP contribution in [0.3, 0.4) is 0 Å². The van der Waals surface area contributed by atoms with E-state index in [2.05, 4.69) is 15.2 Å². The van der Waals surface area contributed by atoms with Gasteiger partial charge in [-0.1, -0.05) is 25.6 Å². The first kappa shape index (κ1) is 13.0. The number of aromatic nitrogens is 3. The summed E-state index contributed by atoms with van der Waals surface area (Å²) >= 11 is 1.33. The van der Waals surface area contributed by atoms with Crippen molar-refractivity contribution >= 4 is 11.8 Å². The molecule has 0 amide bonds. The van der Waals surface area contributed by atoms with Crippen LogP contribution in [-0.2, 0) is 0 Å². The average molecular weight is 245 g/mol. The molecule has 0 saturated heterocycles. The molecule has 0 aliphatic heterocycles. The Hall–Kier alpha value is -1.04. The Kier molecular flexibility index (Phi) is 5.31. The van der Waals surface area contributed by atoms with Crippen LogP contribution in [0, 0.1) is 0 Å². The summed E-state index contributed by atoms with van der Waals surface area (Å²) in [5.41, 5.74) is 0.865. The monoisotopic (exact) mass is 245 g/mol. The van der Waals surface area contributed by atoms with Crippen LogP contribution in [-0.4, -0.2) is 20.9 Å². The minimum Gasteiger partial charge on any atom is -0.224 e. The maximum Gasteiger partial charge on any atom is 0.266 e. The Morgan fingerprint density at radius 3 is 2.88 bits per heavy atom. The number of hydrogen-bond donors (Lipinski definition) is 0. The standard InChI is InChI=1S/C10H13F2N3S/c1-7(2)8-6-13-15-10(14-8)16-5-3-4-9(11)12/h4,6-7H,3,5H2,1-2H3. The van der Waals surface area contributed by atoms with Crippen LogP contribution in [0.4, 0.5) is 8.78 Å². The molecule has 0 N–H and O–H groups in total. The van der Waals surface area contributed by atoms with Gasteiger partial charge in [0.1, 0.15) is 0 Å². The fraction of sp³-hybridized carbons (Fsp3) is 0.500. The molecule has 0 unspecified atom stereocenters. The van der Waals surface area contributed by atoms with Gasteiger partial charge in [0.15, 0.2) is 0 Å². The number of rotatable bonds is 5. The summed E-state index contributed by atoms with van der Waals surface area (Å²) in [7, 11) is 0. The molecule has 0 fully saturated rings. The predicted octanol–water partition coefficient (Wildman–Crippen LogP) is 3.26. The minimum atomic E-state index is -1.64. The summed E-state index contributed by atoms with van der Waals surface area (Å²) in [6.07, 6.45) is 1.18. The third-order valence-electron chi connectivity index (χ3n) is 1.80. The summed E-state index contributed by atoms with van der Waals surface area (Å²) in [5.74, 6) is 0.818. The quantitative estimate of drug-likeness (QED) is 0.589. The van der Waals surface area contributed by atoms with E-state index in [1.54, 1.807) is 6.20 Å². The van der Waals surface area contributed by atoms with Crippen molar-refractivity contribution in [2.75, 3.05) is 5.75 Å². The first-order chi connectivity index (χ1) is 7.59. The lowest BCUT2D eigenvalue weighted by molar-refractivity contribution is 0.418. The van der Waals surface area contributed by atoms with Crippen molar-refractivity contribution in [1.29, 1.82) is 0 Å². The summed E-state index contributed by atoms with van der Waals surface area (Å²) in [6, 6.07) is 0. The average Bonchev–Trinajstić information content (AvgIpc) is 2.24. The van der Waals surface area contributed by atoms with Crippen LogP contribution in [0.25, 0.3) is 0 Å². The zero-order valence-electron chi connectivity index (χ0n) is 9.15. The molecule has 0 aliphatic carbocycles. The second kappa shape index (κ2) is 6.52. The van der Waals surface area contributed by atoms with Gasteiger partial charge in [-0.25, -0.2) is 4.98 Å². The van der Waals surface area contributed by atoms with Crippen molar-refractivity contribution in [3.8, 4) is 0 Å². The molecule has 0 bridgehead atoms. The largest absolute Gasteiger partial charge is 0.266 e. The Labute approximate surface area is 97.4 Å². The van der Waals surface area contributed by atoms with Gasteiger partial charge >= 0.3 is 0 Å². The summed E-state index contributed by atoms with van der Waals surface area (Å²) < 4.78 is 23.5. The van der Waals surface area contributed by atoms with Gasteiger partial charge in [-0.3, -0.25) is 0 Å². The second-order valence-corrected chi connectivity index (χ2v) is 4.51. The van der Waals surface area contributed by atoms with E-state index in [-0.39, 0.29) is 5.92 Å². The number of nitrogens with zero attached hydrogens (tertiary/aromatic N) is 3. The fourth-order valence-electron chi connectivity index (χ4n) is 0.957. The lowest BCUT2D eigenvalue weighted by Gasteiger charge is -2.03. The normalized spacial score (nSPS) is 10.6. The topological polar surface area (TPSA) is 38.7 Å². The second-order valence-electron chi connectivity index (χ2n) is 3.45. The molecule has 0 aromatic carbocycles. The zero-order valence-corrected chi connectivity index (χ0v) is 9.97. The molecule has 0 spiro atoms. The van der Waals surface area contributed by atoms with Crippen molar-refractivity contribution in [3.63, 3.8) is 0 Å². The third kappa shape index (κ3) is 4.65. The molecule has 6 heteroatoms. The smallest absolute Gasteiger partial charge is 0.224 e. The number of halogens is 2. The number of allylic oxidation sites excluding steroid dienone is 1. The number of thioether (sulfide) groups is 1. The summed E-state index contributed by atoms with van der Waals surface area (Å²) in [6.45, 7) is 4.03. The molecule has 16 heavy (non-hydrogen) atoms.